The van der Waals surface area contributed by atoms with E-state index in [1.54, 1.807) is 0 Å². The maximum atomic E-state index is 13.4. The summed E-state index contributed by atoms with van der Waals surface area (Å²) in [6.07, 6.45) is 1.26. The second-order valence-corrected chi connectivity index (χ2v) is 5.09. The molecule has 2 N–H and O–H groups in total. The molecule has 6 heteroatoms. The third-order valence-electron chi connectivity index (χ3n) is 1.73. The Morgan fingerprint density at radius 2 is 2.18 bits per heavy atom. The van der Waals surface area contributed by atoms with Crippen LogP contribution in [0.1, 0.15) is 12.0 Å². The molecule has 1 aromatic rings. The van der Waals surface area contributed by atoms with Gasteiger partial charge in [-0.2, -0.15) is 0 Å². The number of hydrogen-bond donors (Lipinski definition) is 2. The maximum Gasteiger partial charge on any atom is 0.229 e. The summed E-state index contributed by atoms with van der Waals surface area (Å²) in [5, 5.41) is 8.52. The van der Waals surface area contributed by atoms with Crippen LogP contribution in [0.25, 0.3) is 0 Å². The topological polar surface area (TPSA) is 66.4 Å². The van der Waals surface area contributed by atoms with Crippen molar-refractivity contribution in [2.45, 2.75) is 6.42 Å². The molecular weight excluding hydrogens is 245 g/mol. The summed E-state index contributed by atoms with van der Waals surface area (Å²) in [5.74, 6) is 4.60. The first kappa shape index (κ1) is 13.5. The molecule has 0 aliphatic carbocycles. The van der Waals surface area contributed by atoms with E-state index in [0.29, 0.717) is 12.0 Å². The number of halogens is 1. The summed E-state index contributed by atoms with van der Waals surface area (Å²) < 4.78 is 37.3. The van der Waals surface area contributed by atoms with E-state index in [1.807, 2.05) is 0 Å². The van der Waals surface area contributed by atoms with Gasteiger partial charge >= 0.3 is 0 Å². The van der Waals surface area contributed by atoms with Gasteiger partial charge in [0.15, 0.2) is 0 Å². The molecule has 0 aliphatic rings. The van der Waals surface area contributed by atoms with Gasteiger partial charge in [0.2, 0.25) is 10.0 Å². The van der Waals surface area contributed by atoms with E-state index < -0.39 is 15.8 Å². The van der Waals surface area contributed by atoms with Crippen molar-refractivity contribution in [1.29, 1.82) is 0 Å². The molecule has 0 radical (unpaired) electrons. The monoisotopic (exact) mass is 257 g/mol. The lowest BCUT2D eigenvalue weighted by molar-refractivity contribution is 0.305. The number of aliphatic hydroxyl groups excluding tert-OH is 1. The zero-order chi connectivity index (χ0) is 12.9. The Morgan fingerprint density at radius 1 is 1.47 bits per heavy atom. The molecule has 1 aromatic carbocycles. The fourth-order valence-electron chi connectivity index (χ4n) is 1.10. The van der Waals surface area contributed by atoms with Crippen LogP contribution in [0.5, 0.6) is 0 Å². The fraction of sp³-hybridized carbons (Fsp3) is 0.273. The number of hydrogen-bond acceptors (Lipinski definition) is 3. The predicted octanol–water partition coefficient (Wildman–Crippen LogP) is 0.931. The highest BCUT2D eigenvalue weighted by Crippen LogP contribution is 2.16. The molecule has 0 aliphatic heterocycles. The summed E-state index contributed by atoms with van der Waals surface area (Å²) in [6.45, 7) is -0.0524. The molecule has 92 valence electrons. The normalized spacial score (nSPS) is 10.5. The average Bonchev–Trinajstić information content (AvgIpc) is 2.21. The number of benzene rings is 1. The molecule has 0 spiro atoms. The fourth-order valence-corrected chi connectivity index (χ4v) is 1.66. The van der Waals surface area contributed by atoms with Crippen molar-refractivity contribution in [3.63, 3.8) is 0 Å². The van der Waals surface area contributed by atoms with Crippen molar-refractivity contribution in [2.24, 2.45) is 0 Å². The van der Waals surface area contributed by atoms with Gasteiger partial charge in [0, 0.05) is 12.0 Å². The lowest BCUT2D eigenvalue weighted by Gasteiger charge is -2.04. The Kier molecular flexibility index (Phi) is 4.49. The van der Waals surface area contributed by atoms with E-state index >= 15 is 0 Å². The smallest absolute Gasteiger partial charge is 0.229 e. The minimum Gasteiger partial charge on any atom is -0.395 e. The quantitative estimate of drug-likeness (QED) is 0.792. The molecule has 0 unspecified atom stereocenters. The number of aliphatic hydroxyl groups is 1. The Bertz CT molecular complexity index is 558. The molecule has 0 heterocycles. The SMILES string of the molecule is CS(=O)(=O)Nc1ccc(C#CCCO)cc1F. The van der Waals surface area contributed by atoms with E-state index in [1.165, 1.54) is 12.1 Å². The van der Waals surface area contributed by atoms with Crippen molar-refractivity contribution < 1.29 is 17.9 Å². The minimum atomic E-state index is -3.49. The summed E-state index contributed by atoms with van der Waals surface area (Å²) >= 11 is 0. The molecule has 4 nitrogen and oxygen atoms in total. The van der Waals surface area contributed by atoms with Gasteiger partial charge in [0.05, 0.1) is 18.6 Å². The Labute approximate surface area is 99.5 Å². The second kappa shape index (κ2) is 5.66. The Hall–Kier alpha value is -1.58. The first-order valence-corrected chi connectivity index (χ1v) is 6.68. The first-order chi connectivity index (χ1) is 7.92. The van der Waals surface area contributed by atoms with E-state index in [0.717, 1.165) is 12.3 Å². The summed E-state index contributed by atoms with van der Waals surface area (Å²) in [5.41, 5.74) is 0.315. The second-order valence-electron chi connectivity index (χ2n) is 3.34. The third kappa shape index (κ3) is 4.85. The molecular formula is C11H12FNO3S. The lowest BCUT2D eigenvalue weighted by Crippen LogP contribution is -2.10. The molecule has 0 atom stereocenters. The van der Waals surface area contributed by atoms with Crippen LogP contribution in [0.15, 0.2) is 18.2 Å². The maximum absolute atomic E-state index is 13.4. The molecule has 0 saturated heterocycles. The van der Waals surface area contributed by atoms with E-state index in [4.69, 9.17) is 5.11 Å². The summed E-state index contributed by atoms with van der Waals surface area (Å²) in [4.78, 5) is 0. The zero-order valence-electron chi connectivity index (χ0n) is 9.20. The van der Waals surface area contributed by atoms with Gasteiger partial charge in [-0.05, 0) is 18.2 Å². The third-order valence-corrected chi connectivity index (χ3v) is 2.32. The van der Waals surface area contributed by atoms with Crippen LogP contribution in [0, 0.1) is 17.7 Å². The lowest BCUT2D eigenvalue weighted by atomic mass is 10.2. The van der Waals surface area contributed by atoms with E-state index in [-0.39, 0.29) is 12.3 Å². The minimum absolute atomic E-state index is 0.0524. The standard InChI is InChI=1S/C11H12FNO3S/c1-17(15,16)13-11-6-5-9(8-10(11)12)4-2-3-7-14/h5-6,8,13-14H,3,7H2,1H3. The number of rotatable bonds is 3. The van der Waals surface area contributed by atoms with Crippen LogP contribution in [0.3, 0.4) is 0 Å². The van der Waals surface area contributed by atoms with Crippen LogP contribution >= 0.6 is 0 Å². The Morgan fingerprint density at radius 3 is 2.71 bits per heavy atom. The summed E-state index contributed by atoms with van der Waals surface area (Å²) in [7, 11) is -3.49. The van der Waals surface area contributed by atoms with Crippen molar-refractivity contribution in [2.75, 3.05) is 17.6 Å². The van der Waals surface area contributed by atoms with Gasteiger partial charge in [-0.3, -0.25) is 4.72 Å². The number of sulfonamides is 1. The van der Waals surface area contributed by atoms with E-state index in [2.05, 4.69) is 16.6 Å². The number of anilines is 1. The largest absolute Gasteiger partial charge is 0.395 e. The van der Waals surface area contributed by atoms with Crippen LogP contribution in [0.2, 0.25) is 0 Å². The van der Waals surface area contributed by atoms with Crippen LogP contribution in [-0.4, -0.2) is 26.4 Å². The van der Waals surface area contributed by atoms with Gasteiger partial charge in [-0.15, -0.1) is 0 Å². The molecule has 0 fully saturated rings. The van der Waals surface area contributed by atoms with Gasteiger partial charge in [-0.25, -0.2) is 12.8 Å². The molecule has 0 saturated carbocycles. The van der Waals surface area contributed by atoms with Gasteiger partial charge in [0.1, 0.15) is 5.82 Å². The Balaban J connectivity index is 2.91. The molecule has 17 heavy (non-hydrogen) atoms. The van der Waals surface area contributed by atoms with Crippen molar-refractivity contribution >= 4 is 15.7 Å². The van der Waals surface area contributed by atoms with Crippen LogP contribution in [0.4, 0.5) is 10.1 Å². The van der Waals surface area contributed by atoms with Crippen molar-refractivity contribution in [1.82, 2.24) is 0 Å². The van der Waals surface area contributed by atoms with Gasteiger partial charge in [0.25, 0.3) is 0 Å². The molecule has 0 aromatic heterocycles. The van der Waals surface area contributed by atoms with Gasteiger partial charge < -0.3 is 5.11 Å². The van der Waals surface area contributed by atoms with Crippen molar-refractivity contribution in [3.05, 3.63) is 29.6 Å². The highest BCUT2D eigenvalue weighted by Gasteiger charge is 2.07. The molecule has 0 amide bonds. The molecule has 0 bridgehead atoms. The first-order valence-electron chi connectivity index (χ1n) is 4.79. The van der Waals surface area contributed by atoms with Crippen LogP contribution in [-0.2, 0) is 10.0 Å². The van der Waals surface area contributed by atoms with Gasteiger partial charge in [-0.1, -0.05) is 11.8 Å². The highest BCUT2D eigenvalue weighted by atomic mass is 32.2. The number of nitrogens with one attached hydrogen (secondary N) is 1. The van der Waals surface area contributed by atoms with Crippen molar-refractivity contribution in [3.8, 4) is 11.8 Å². The zero-order valence-corrected chi connectivity index (χ0v) is 10.0. The highest BCUT2D eigenvalue weighted by molar-refractivity contribution is 7.92. The van der Waals surface area contributed by atoms with E-state index in [9.17, 15) is 12.8 Å². The molecule has 1 rings (SSSR count). The average molecular weight is 257 g/mol. The predicted molar refractivity (Wildman–Crippen MR) is 63.4 cm³/mol. The summed E-state index contributed by atoms with van der Waals surface area (Å²) in [6, 6.07) is 3.94. The van der Waals surface area contributed by atoms with Crippen LogP contribution < -0.4 is 4.72 Å².